The molecule has 1 aromatic carbocycles. The van der Waals surface area contributed by atoms with Crippen LogP contribution in [0.1, 0.15) is 5.56 Å². The predicted octanol–water partition coefficient (Wildman–Crippen LogP) is 3.75. The summed E-state index contributed by atoms with van der Waals surface area (Å²) in [4.78, 5) is 25.1. The minimum atomic E-state index is -3.18. The third kappa shape index (κ3) is 4.54. The van der Waals surface area contributed by atoms with Gasteiger partial charge in [-0.3, -0.25) is 15.1 Å². The van der Waals surface area contributed by atoms with Crippen molar-refractivity contribution in [2.24, 2.45) is 0 Å². The number of aromatic amines is 2. The van der Waals surface area contributed by atoms with E-state index >= 15 is 0 Å². The summed E-state index contributed by atoms with van der Waals surface area (Å²) in [6.45, 7) is 0. The van der Waals surface area contributed by atoms with E-state index in [1.165, 1.54) is 18.5 Å². The molecule has 0 unspecified atom stereocenters. The van der Waals surface area contributed by atoms with E-state index < -0.39 is 15.7 Å². The Morgan fingerprint density at radius 1 is 0.946 bits per heavy atom. The zero-order valence-corrected chi connectivity index (χ0v) is 20.3. The number of aryl methyl sites for hydroxylation is 1. The van der Waals surface area contributed by atoms with E-state index in [0.29, 0.717) is 45.1 Å². The molecule has 0 aliphatic heterocycles. The molecule has 0 radical (unpaired) electrons. The van der Waals surface area contributed by atoms with Crippen molar-refractivity contribution >= 4 is 31.8 Å². The highest BCUT2D eigenvalue weighted by Crippen LogP contribution is 2.32. The molecule has 0 amide bonds. The lowest BCUT2D eigenvalue weighted by atomic mass is 10.0. The Labute approximate surface area is 210 Å². The van der Waals surface area contributed by atoms with Crippen LogP contribution in [0.25, 0.3) is 56.0 Å². The van der Waals surface area contributed by atoms with Gasteiger partial charge >= 0.3 is 0 Å². The molecule has 0 atom stereocenters. The van der Waals surface area contributed by atoms with Crippen molar-refractivity contribution in [3.8, 4) is 34.0 Å². The first-order valence-corrected chi connectivity index (χ1v) is 13.3. The molecule has 0 fully saturated rings. The number of aromatic nitrogens is 8. The molecule has 6 aromatic rings. The fourth-order valence-corrected chi connectivity index (χ4v) is 4.79. The van der Waals surface area contributed by atoms with E-state index in [9.17, 15) is 12.8 Å². The normalized spacial score (nSPS) is 11.9. The zero-order valence-electron chi connectivity index (χ0n) is 19.5. The van der Waals surface area contributed by atoms with E-state index in [0.717, 1.165) is 22.7 Å². The highest BCUT2D eigenvalue weighted by molar-refractivity contribution is 7.90. The summed E-state index contributed by atoms with van der Waals surface area (Å²) in [7, 11) is -3.18. The molecule has 0 saturated carbocycles. The van der Waals surface area contributed by atoms with Crippen LogP contribution < -0.4 is 0 Å². The molecule has 0 aliphatic rings. The number of H-pyrrole nitrogens is 2. The number of nitrogens with one attached hydrogen (secondary N) is 2. The Bertz CT molecular complexity index is 1880. The largest absolute Gasteiger partial charge is 0.336 e. The number of sulfone groups is 1. The molecule has 5 aromatic heterocycles. The number of rotatable bonds is 6. The Balaban J connectivity index is 1.44. The van der Waals surface area contributed by atoms with Gasteiger partial charge in [0, 0.05) is 41.4 Å². The average Bonchev–Trinajstić information content (AvgIpc) is 3.51. The number of halogens is 1. The number of fused-ring (bicyclic) bond motifs is 2. The van der Waals surface area contributed by atoms with Gasteiger partial charge in [0.1, 0.15) is 33.2 Å². The van der Waals surface area contributed by atoms with Crippen LogP contribution >= 0.6 is 0 Å². The molecule has 6 rings (SSSR count). The highest BCUT2D eigenvalue weighted by Gasteiger charge is 2.18. The maximum absolute atomic E-state index is 14.5. The van der Waals surface area contributed by atoms with Crippen LogP contribution in [0.3, 0.4) is 0 Å². The van der Waals surface area contributed by atoms with Crippen LogP contribution in [0.5, 0.6) is 0 Å². The summed E-state index contributed by atoms with van der Waals surface area (Å²) < 4.78 is 37.7. The second kappa shape index (κ2) is 8.82. The van der Waals surface area contributed by atoms with Crippen molar-refractivity contribution in [3.05, 3.63) is 72.8 Å². The molecule has 10 nitrogen and oxygen atoms in total. The third-order valence-corrected chi connectivity index (χ3v) is 6.87. The molecular formula is C25H19FN8O2S. The molecule has 0 bridgehead atoms. The van der Waals surface area contributed by atoms with E-state index in [1.807, 2.05) is 6.07 Å². The summed E-state index contributed by atoms with van der Waals surface area (Å²) in [5.41, 5.74) is 5.57. The van der Waals surface area contributed by atoms with Gasteiger partial charge < -0.3 is 4.98 Å². The maximum atomic E-state index is 14.5. The average molecular weight is 515 g/mol. The van der Waals surface area contributed by atoms with E-state index in [1.54, 1.807) is 36.9 Å². The minimum absolute atomic E-state index is 0.0712. The van der Waals surface area contributed by atoms with Crippen LogP contribution in [0.4, 0.5) is 4.39 Å². The first-order chi connectivity index (χ1) is 17.8. The third-order valence-electron chi connectivity index (χ3n) is 5.92. The topological polar surface area (TPSA) is 143 Å². The van der Waals surface area contributed by atoms with Crippen molar-refractivity contribution < 1.29 is 12.8 Å². The van der Waals surface area contributed by atoms with Gasteiger partial charge in [-0.15, -0.1) is 0 Å². The molecule has 12 heteroatoms. The van der Waals surface area contributed by atoms with Gasteiger partial charge in [0.25, 0.3) is 0 Å². The number of benzene rings is 1. The van der Waals surface area contributed by atoms with Crippen molar-refractivity contribution in [3.63, 3.8) is 0 Å². The van der Waals surface area contributed by atoms with Gasteiger partial charge in [-0.2, -0.15) is 5.10 Å². The molecule has 0 saturated heterocycles. The van der Waals surface area contributed by atoms with Gasteiger partial charge in [-0.1, -0.05) is 0 Å². The second-order valence-corrected chi connectivity index (χ2v) is 10.9. The van der Waals surface area contributed by atoms with Crippen molar-refractivity contribution in [1.29, 1.82) is 0 Å². The Morgan fingerprint density at radius 3 is 2.59 bits per heavy atom. The monoisotopic (exact) mass is 514 g/mol. The Kier molecular flexibility index (Phi) is 5.45. The SMILES string of the molecule is CS(=O)(=O)CCc1cc(F)cc(-c2nccc3[nH]c(-c4n[nH]c5cnc(-c6cncnc6)cc45)nc23)c1. The lowest BCUT2D eigenvalue weighted by molar-refractivity contribution is 0.600. The van der Waals surface area contributed by atoms with Gasteiger partial charge in [0.05, 0.1) is 34.4 Å². The highest BCUT2D eigenvalue weighted by atomic mass is 32.2. The van der Waals surface area contributed by atoms with Gasteiger partial charge in [-0.25, -0.2) is 27.8 Å². The summed E-state index contributed by atoms with van der Waals surface area (Å²) >= 11 is 0. The molecule has 184 valence electrons. The number of imidazole rings is 1. The molecule has 0 aliphatic carbocycles. The first kappa shape index (κ1) is 22.9. The molecule has 2 N–H and O–H groups in total. The van der Waals surface area contributed by atoms with Gasteiger partial charge in [0.15, 0.2) is 5.82 Å². The van der Waals surface area contributed by atoms with Crippen LogP contribution in [0, 0.1) is 5.82 Å². The lowest BCUT2D eigenvalue weighted by Crippen LogP contribution is -2.06. The quantitative estimate of drug-likeness (QED) is 0.342. The predicted molar refractivity (Wildman–Crippen MR) is 137 cm³/mol. The number of hydrogen-bond donors (Lipinski definition) is 2. The minimum Gasteiger partial charge on any atom is -0.336 e. The van der Waals surface area contributed by atoms with Gasteiger partial charge in [0.2, 0.25) is 0 Å². The molecule has 37 heavy (non-hydrogen) atoms. The molecule has 5 heterocycles. The fourth-order valence-electron chi connectivity index (χ4n) is 4.18. The van der Waals surface area contributed by atoms with Crippen LogP contribution in [-0.2, 0) is 16.3 Å². The number of nitrogens with zero attached hydrogens (tertiary/aromatic N) is 6. The summed E-state index contributed by atoms with van der Waals surface area (Å²) in [6.07, 6.45) is 9.49. The standard InChI is InChI=1S/C25H19FN8O2S/c1-37(35,36)5-3-14-6-15(8-17(26)7-14)22-24-19(2-4-29-22)31-25(32-24)23-18-9-20(16-10-27-13-28-11-16)30-12-21(18)33-34-23/h2,4,6-13H,3,5H2,1H3,(H,31,32)(H,33,34). The van der Waals surface area contributed by atoms with Crippen molar-refractivity contribution in [1.82, 2.24) is 40.1 Å². The van der Waals surface area contributed by atoms with E-state index in [-0.39, 0.29) is 12.2 Å². The summed E-state index contributed by atoms with van der Waals surface area (Å²) in [5.74, 6) is -0.0393. The van der Waals surface area contributed by atoms with E-state index in [2.05, 4.69) is 35.1 Å². The van der Waals surface area contributed by atoms with Crippen LogP contribution in [0.2, 0.25) is 0 Å². The summed E-state index contributed by atoms with van der Waals surface area (Å²) in [5, 5.41) is 8.23. The lowest BCUT2D eigenvalue weighted by Gasteiger charge is -2.06. The van der Waals surface area contributed by atoms with Gasteiger partial charge in [-0.05, 0) is 42.3 Å². The number of hydrogen-bond acceptors (Lipinski definition) is 8. The fraction of sp³-hybridized carbons (Fsp3) is 0.120. The smallest absolute Gasteiger partial charge is 0.159 e. The Hall–Kier alpha value is -4.58. The first-order valence-electron chi connectivity index (χ1n) is 11.3. The van der Waals surface area contributed by atoms with Crippen molar-refractivity contribution in [2.75, 3.05) is 12.0 Å². The summed E-state index contributed by atoms with van der Waals surface area (Å²) in [6, 6.07) is 8.12. The number of pyridine rings is 2. The Morgan fingerprint density at radius 2 is 1.78 bits per heavy atom. The molecule has 0 spiro atoms. The zero-order chi connectivity index (χ0) is 25.6. The second-order valence-electron chi connectivity index (χ2n) is 8.68. The maximum Gasteiger partial charge on any atom is 0.159 e. The van der Waals surface area contributed by atoms with Crippen molar-refractivity contribution in [2.45, 2.75) is 6.42 Å². The molecular weight excluding hydrogens is 495 g/mol. The van der Waals surface area contributed by atoms with Crippen LogP contribution in [-0.4, -0.2) is 60.5 Å². The van der Waals surface area contributed by atoms with E-state index in [4.69, 9.17) is 4.98 Å². The van der Waals surface area contributed by atoms with Crippen LogP contribution in [0.15, 0.2) is 61.4 Å².